The number of rotatable bonds is 4. The second-order valence-corrected chi connectivity index (χ2v) is 5.81. The van der Waals surface area contributed by atoms with Crippen LogP contribution in [0.2, 0.25) is 0 Å². The topological polar surface area (TPSA) is 21.3 Å². The summed E-state index contributed by atoms with van der Waals surface area (Å²) in [7, 11) is 0. The van der Waals surface area contributed by atoms with Gasteiger partial charge in [0, 0.05) is 30.0 Å². The van der Waals surface area contributed by atoms with Crippen LogP contribution in [0.1, 0.15) is 29.4 Å². The van der Waals surface area contributed by atoms with Crippen LogP contribution in [-0.2, 0) is 0 Å². The summed E-state index contributed by atoms with van der Waals surface area (Å²) in [6, 6.07) is 19.9. The van der Waals surface area contributed by atoms with Gasteiger partial charge in [-0.3, -0.25) is 0 Å². The van der Waals surface area contributed by atoms with E-state index in [9.17, 15) is 0 Å². The van der Waals surface area contributed by atoms with Crippen molar-refractivity contribution >= 4 is 0 Å². The second kappa shape index (κ2) is 4.95. The lowest BCUT2D eigenvalue weighted by Crippen LogP contribution is -2.25. The summed E-state index contributed by atoms with van der Waals surface area (Å²) in [4.78, 5) is 0. The Kier molecular flexibility index (Phi) is 2.96. The van der Waals surface area contributed by atoms with Crippen molar-refractivity contribution in [3.05, 3.63) is 65.7 Å². The second-order valence-electron chi connectivity index (χ2n) is 5.81. The van der Waals surface area contributed by atoms with Crippen molar-refractivity contribution in [1.29, 1.82) is 0 Å². The van der Waals surface area contributed by atoms with Crippen LogP contribution in [0.25, 0.3) is 0 Å². The molecule has 2 heteroatoms. The maximum Gasteiger partial charge on any atom is 0.122 e. The van der Waals surface area contributed by atoms with Crippen molar-refractivity contribution in [2.24, 2.45) is 0 Å². The van der Waals surface area contributed by atoms with E-state index in [2.05, 4.69) is 53.8 Å². The highest BCUT2D eigenvalue weighted by molar-refractivity contribution is 5.40. The number of ether oxygens (including phenoxy) is 1. The van der Waals surface area contributed by atoms with Crippen molar-refractivity contribution in [2.45, 2.75) is 24.3 Å². The number of para-hydroxylation sites is 1. The lowest BCUT2D eigenvalue weighted by Gasteiger charge is -2.10. The predicted molar refractivity (Wildman–Crippen MR) is 80.3 cm³/mol. The number of hydrogen-bond donors (Lipinski definition) is 1. The van der Waals surface area contributed by atoms with Gasteiger partial charge in [0.25, 0.3) is 0 Å². The Hall–Kier alpha value is -1.80. The molecule has 1 aliphatic heterocycles. The van der Waals surface area contributed by atoms with Gasteiger partial charge in [-0.2, -0.15) is 0 Å². The minimum atomic E-state index is 0.503. The van der Waals surface area contributed by atoms with Crippen LogP contribution in [0.3, 0.4) is 0 Å². The molecule has 3 atom stereocenters. The molecule has 0 saturated heterocycles. The Morgan fingerprint density at radius 1 is 1.00 bits per heavy atom. The van der Waals surface area contributed by atoms with Gasteiger partial charge in [0.05, 0.1) is 6.61 Å². The molecule has 1 fully saturated rings. The van der Waals surface area contributed by atoms with Crippen molar-refractivity contribution in [3.63, 3.8) is 0 Å². The van der Waals surface area contributed by atoms with E-state index in [-0.39, 0.29) is 0 Å². The molecule has 4 rings (SSSR count). The molecule has 1 heterocycles. The van der Waals surface area contributed by atoms with E-state index in [0.29, 0.717) is 17.9 Å². The summed E-state index contributed by atoms with van der Waals surface area (Å²) in [5.41, 5.74) is 2.82. The molecule has 3 unspecified atom stereocenters. The molecule has 0 amide bonds. The molecular formula is C18H19NO. The zero-order valence-electron chi connectivity index (χ0n) is 11.5. The molecule has 20 heavy (non-hydrogen) atoms. The normalized spacial score (nSPS) is 26.9. The molecule has 0 radical (unpaired) electrons. The van der Waals surface area contributed by atoms with Gasteiger partial charge in [-0.15, -0.1) is 0 Å². The first-order chi connectivity index (χ1) is 9.92. The quantitative estimate of drug-likeness (QED) is 0.915. The summed E-state index contributed by atoms with van der Waals surface area (Å²) >= 11 is 0. The standard InChI is InChI=1S/C18H19NO/c1-2-6-13(7-3-1)16-10-17(16)19-11-14-12-20-18-9-5-4-8-15(14)18/h1-9,14,16-17,19H,10-12H2. The molecule has 2 aromatic carbocycles. The van der Waals surface area contributed by atoms with Crippen LogP contribution >= 0.6 is 0 Å². The largest absolute Gasteiger partial charge is 0.493 e. The van der Waals surface area contributed by atoms with E-state index in [4.69, 9.17) is 4.74 Å². The van der Waals surface area contributed by atoms with Gasteiger partial charge in [0.1, 0.15) is 5.75 Å². The Morgan fingerprint density at radius 2 is 1.80 bits per heavy atom. The molecule has 0 spiro atoms. The first-order valence-corrected chi connectivity index (χ1v) is 7.42. The molecule has 2 aliphatic rings. The van der Waals surface area contributed by atoms with Crippen LogP contribution in [-0.4, -0.2) is 19.2 Å². The number of nitrogens with one attached hydrogen (secondary N) is 1. The SMILES string of the molecule is c1ccc(C2CC2NCC2COc3ccccc32)cc1. The van der Waals surface area contributed by atoms with Gasteiger partial charge >= 0.3 is 0 Å². The fourth-order valence-corrected chi connectivity index (χ4v) is 3.18. The average Bonchev–Trinajstić information content (AvgIpc) is 3.18. The van der Waals surface area contributed by atoms with Gasteiger partial charge < -0.3 is 10.1 Å². The van der Waals surface area contributed by atoms with E-state index in [0.717, 1.165) is 18.9 Å². The molecule has 0 bridgehead atoms. The predicted octanol–water partition coefficient (Wildman–Crippen LogP) is 3.31. The van der Waals surface area contributed by atoms with Crippen LogP contribution < -0.4 is 10.1 Å². The number of benzene rings is 2. The minimum absolute atomic E-state index is 0.503. The van der Waals surface area contributed by atoms with Crippen molar-refractivity contribution in [2.75, 3.05) is 13.2 Å². The summed E-state index contributed by atoms with van der Waals surface area (Å²) < 4.78 is 5.74. The van der Waals surface area contributed by atoms with Crippen molar-refractivity contribution in [3.8, 4) is 5.75 Å². The van der Waals surface area contributed by atoms with E-state index in [1.54, 1.807) is 0 Å². The fourth-order valence-electron chi connectivity index (χ4n) is 3.18. The zero-order valence-corrected chi connectivity index (χ0v) is 11.5. The van der Waals surface area contributed by atoms with Gasteiger partial charge in [0.2, 0.25) is 0 Å². The lowest BCUT2D eigenvalue weighted by molar-refractivity contribution is 0.326. The van der Waals surface area contributed by atoms with Gasteiger partial charge in [-0.25, -0.2) is 0 Å². The van der Waals surface area contributed by atoms with Crippen LogP contribution in [0.4, 0.5) is 0 Å². The highest BCUT2D eigenvalue weighted by Gasteiger charge is 2.38. The van der Waals surface area contributed by atoms with Crippen molar-refractivity contribution < 1.29 is 4.74 Å². The van der Waals surface area contributed by atoms with Crippen LogP contribution in [0.15, 0.2) is 54.6 Å². The number of fused-ring (bicyclic) bond motifs is 1. The Morgan fingerprint density at radius 3 is 2.70 bits per heavy atom. The molecule has 2 nitrogen and oxygen atoms in total. The van der Waals surface area contributed by atoms with Crippen LogP contribution in [0.5, 0.6) is 5.75 Å². The van der Waals surface area contributed by atoms with E-state index >= 15 is 0 Å². The third-order valence-corrected chi connectivity index (χ3v) is 4.44. The maximum atomic E-state index is 5.74. The summed E-state index contributed by atoms with van der Waals surface area (Å²) in [6.07, 6.45) is 1.26. The van der Waals surface area contributed by atoms with Gasteiger partial charge in [-0.1, -0.05) is 48.5 Å². The highest BCUT2D eigenvalue weighted by atomic mass is 16.5. The fraction of sp³-hybridized carbons (Fsp3) is 0.333. The molecule has 1 N–H and O–H groups in total. The Labute approximate surface area is 119 Å². The smallest absolute Gasteiger partial charge is 0.122 e. The van der Waals surface area contributed by atoms with Gasteiger partial charge in [-0.05, 0) is 18.1 Å². The molecular weight excluding hydrogens is 246 g/mol. The molecule has 0 aromatic heterocycles. The minimum Gasteiger partial charge on any atom is -0.493 e. The Bertz CT molecular complexity index is 595. The van der Waals surface area contributed by atoms with Crippen LogP contribution in [0, 0.1) is 0 Å². The summed E-state index contributed by atoms with van der Waals surface area (Å²) in [5.74, 6) is 2.27. The maximum absolute atomic E-state index is 5.74. The third kappa shape index (κ3) is 2.20. The monoisotopic (exact) mass is 265 g/mol. The van der Waals surface area contributed by atoms with E-state index < -0.39 is 0 Å². The Balaban J connectivity index is 1.35. The van der Waals surface area contributed by atoms with E-state index in [1.165, 1.54) is 17.5 Å². The van der Waals surface area contributed by atoms with E-state index in [1.807, 2.05) is 6.07 Å². The summed E-state index contributed by atoms with van der Waals surface area (Å²) in [5, 5.41) is 3.71. The average molecular weight is 265 g/mol. The summed E-state index contributed by atoms with van der Waals surface area (Å²) in [6.45, 7) is 1.83. The lowest BCUT2D eigenvalue weighted by atomic mass is 10.0. The van der Waals surface area contributed by atoms with Crippen molar-refractivity contribution in [1.82, 2.24) is 5.32 Å². The molecule has 1 saturated carbocycles. The zero-order chi connectivity index (χ0) is 13.4. The third-order valence-electron chi connectivity index (χ3n) is 4.44. The molecule has 102 valence electrons. The number of hydrogen-bond acceptors (Lipinski definition) is 2. The first-order valence-electron chi connectivity index (χ1n) is 7.42. The highest BCUT2D eigenvalue weighted by Crippen LogP contribution is 2.41. The molecule has 1 aliphatic carbocycles. The van der Waals surface area contributed by atoms with Gasteiger partial charge in [0.15, 0.2) is 0 Å². The first kappa shape index (κ1) is 12.0. The molecule has 2 aromatic rings.